The van der Waals surface area contributed by atoms with E-state index in [9.17, 15) is 23.2 Å². The molecular weight excluding hydrogens is 434 g/mol. The number of alkyl halides is 2. The lowest BCUT2D eigenvalue weighted by Gasteiger charge is -2.27. The highest BCUT2D eigenvalue weighted by molar-refractivity contribution is 5.86. The molecule has 176 valence electrons. The van der Waals surface area contributed by atoms with E-state index in [1.807, 2.05) is 48.5 Å². The fourth-order valence-corrected chi connectivity index (χ4v) is 4.03. The third kappa shape index (κ3) is 6.06. The molecule has 3 N–H and O–H groups in total. The molecule has 1 unspecified atom stereocenters. The van der Waals surface area contributed by atoms with Crippen LogP contribution in [0.5, 0.6) is 0 Å². The zero-order valence-electron chi connectivity index (χ0n) is 18.3. The number of fused-ring (bicyclic) bond motifs is 3. The molecule has 0 saturated carbocycles. The van der Waals surface area contributed by atoms with Gasteiger partial charge < -0.3 is 20.5 Å². The van der Waals surface area contributed by atoms with E-state index in [0.29, 0.717) is 0 Å². The minimum Gasteiger partial charge on any atom is -0.481 e. The molecule has 1 aliphatic rings. The summed E-state index contributed by atoms with van der Waals surface area (Å²) in [4.78, 5) is 35.8. The smallest absolute Gasteiger partial charge is 0.407 e. The SMILES string of the molecule is CC(C)(CC(=O)O)NC(=O)C(CC(F)F)NC(=O)OCC1c2ccccc2-c2ccccc21. The van der Waals surface area contributed by atoms with Crippen LogP contribution in [0.3, 0.4) is 0 Å². The zero-order chi connectivity index (χ0) is 24.2. The Hall–Kier alpha value is -3.49. The third-order valence-electron chi connectivity index (χ3n) is 5.42. The first-order chi connectivity index (χ1) is 15.6. The Balaban J connectivity index is 1.66. The van der Waals surface area contributed by atoms with Gasteiger partial charge in [0.2, 0.25) is 12.3 Å². The number of rotatable bonds is 9. The molecule has 0 saturated heterocycles. The number of carbonyl (C=O) groups is 3. The van der Waals surface area contributed by atoms with Crippen molar-refractivity contribution in [1.29, 1.82) is 0 Å². The van der Waals surface area contributed by atoms with Gasteiger partial charge in [0.05, 0.1) is 6.42 Å². The van der Waals surface area contributed by atoms with Crippen LogP contribution in [0.1, 0.15) is 43.7 Å². The number of carbonyl (C=O) groups excluding carboxylic acids is 2. The van der Waals surface area contributed by atoms with Gasteiger partial charge in [0.1, 0.15) is 12.6 Å². The fourth-order valence-electron chi connectivity index (χ4n) is 4.03. The molecule has 33 heavy (non-hydrogen) atoms. The van der Waals surface area contributed by atoms with E-state index in [4.69, 9.17) is 9.84 Å². The van der Waals surface area contributed by atoms with Crippen molar-refractivity contribution in [3.8, 4) is 11.1 Å². The van der Waals surface area contributed by atoms with Gasteiger partial charge in [0, 0.05) is 17.9 Å². The molecule has 0 heterocycles. The van der Waals surface area contributed by atoms with E-state index in [1.54, 1.807) is 0 Å². The second-order valence-electron chi connectivity index (χ2n) is 8.59. The van der Waals surface area contributed by atoms with E-state index in [0.717, 1.165) is 22.3 Å². The molecule has 2 amide bonds. The monoisotopic (exact) mass is 460 g/mol. The largest absolute Gasteiger partial charge is 0.481 e. The molecule has 2 aromatic carbocycles. The number of benzene rings is 2. The van der Waals surface area contributed by atoms with Crippen LogP contribution >= 0.6 is 0 Å². The highest BCUT2D eigenvalue weighted by Gasteiger charge is 2.32. The first kappa shape index (κ1) is 24.2. The number of amides is 2. The highest BCUT2D eigenvalue weighted by Crippen LogP contribution is 2.44. The second kappa shape index (κ2) is 9.97. The maximum Gasteiger partial charge on any atom is 0.407 e. The van der Waals surface area contributed by atoms with E-state index in [1.165, 1.54) is 13.8 Å². The average Bonchev–Trinajstić information content (AvgIpc) is 3.04. The molecular formula is C24H26F2N2O5. The standard InChI is InChI=1S/C24H26F2N2O5/c1-24(2,12-21(29)30)28-22(31)19(11-20(25)26)27-23(32)33-13-18-16-9-5-3-7-14(16)15-8-4-6-10-17(15)18/h3-10,18-20H,11-13H2,1-2H3,(H,27,32)(H,28,31)(H,29,30). The highest BCUT2D eigenvalue weighted by atomic mass is 19.3. The topological polar surface area (TPSA) is 105 Å². The number of carboxylic acid groups (broad SMARTS) is 1. The quantitative estimate of drug-likeness (QED) is 0.526. The molecule has 0 aromatic heterocycles. The Morgan fingerprint density at radius 1 is 1.03 bits per heavy atom. The molecule has 2 aromatic rings. The Bertz CT molecular complexity index is 996. The van der Waals surface area contributed by atoms with Crippen LogP contribution in [-0.2, 0) is 14.3 Å². The number of alkyl carbamates (subject to hydrolysis) is 1. The summed E-state index contributed by atoms with van der Waals surface area (Å²) in [6.07, 6.45) is -5.21. The first-order valence-corrected chi connectivity index (χ1v) is 10.5. The number of hydrogen-bond donors (Lipinski definition) is 3. The lowest BCUT2D eigenvalue weighted by atomic mass is 9.98. The van der Waals surface area contributed by atoms with Crippen LogP contribution in [0.4, 0.5) is 13.6 Å². The fraction of sp³-hybridized carbons (Fsp3) is 0.375. The van der Waals surface area contributed by atoms with Gasteiger partial charge in [-0.1, -0.05) is 48.5 Å². The molecule has 0 fully saturated rings. The number of aliphatic carboxylic acids is 1. The van der Waals surface area contributed by atoms with Gasteiger partial charge in [-0.3, -0.25) is 9.59 Å². The number of ether oxygens (including phenoxy) is 1. The molecule has 7 nitrogen and oxygen atoms in total. The number of hydrogen-bond acceptors (Lipinski definition) is 4. The molecule has 1 atom stereocenters. The van der Waals surface area contributed by atoms with Crippen molar-refractivity contribution >= 4 is 18.0 Å². The van der Waals surface area contributed by atoms with Gasteiger partial charge in [-0.15, -0.1) is 0 Å². The summed E-state index contributed by atoms with van der Waals surface area (Å²) in [6, 6.07) is 13.9. The van der Waals surface area contributed by atoms with Gasteiger partial charge in [-0.05, 0) is 36.1 Å². The van der Waals surface area contributed by atoms with Crippen LogP contribution in [0, 0.1) is 0 Å². The second-order valence-corrected chi connectivity index (χ2v) is 8.59. The van der Waals surface area contributed by atoms with E-state index in [-0.39, 0.29) is 12.5 Å². The van der Waals surface area contributed by atoms with Crippen molar-refractivity contribution in [3.05, 3.63) is 59.7 Å². The van der Waals surface area contributed by atoms with Crippen molar-refractivity contribution in [3.63, 3.8) is 0 Å². The maximum absolute atomic E-state index is 13.0. The van der Waals surface area contributed by atoms with Crippen LogP contribution in [0.15, 0.2) is 48.5 Å². The lowest BCUT2D eigenvalue weighted by Crippen LogP contribution is -2.54. The number of nitrogens with one attached hydrogen (secondary N) is 2. The Labute approximate surface area is 190 Å². The predicted molar refractivity (Wildman–Crippen MR) is 117 cm³/mol. The van der Waals surface area contributed by atoms with Gasteiger partial charge in [0.25, 0.3) is 0 Å². The molecule has 0 aliphatic heterocycles. The number of halogens is 2. The van der Waals surface area contributed by atoms with Crippen molar-refractivity contribution < 1.29 is 33.0 Å². The summed E-state index contributed by atoms with van der Waals surface area (Å²) in [7, 11) is 0. The summed E-state index contributed by atoms with van der Waals surface area (Å²) >= 11 is 0. The van der Waals surface area contributed by atoms with E-state index >= 15 is 0 Å². The normalized spacial score (nSPS) is 13.7. The Morgan fingerprint density at radius 3 is 2.09 bits per heavy atom. The maximum atomic E-state index is 13.0. The van der Waals surface area contributed by atoms with Crippen molar-refractivity contribution in [2.45, 2.75) is 50.6 Å². The first-order valence-electron chi connectivity index (χ1n) is 10.5. The minimum atomic E-state index is -2.86. The lowest BCUT2D eigenvalue weighted by molar-refractivity contribution is -0.138. The minimum absolute atomic E-state index is 0.0343. The molecule has 0 bridgehead atoms. The van der Waals surface area contributed by atoms with Crippen LogP contribution < -0.4 is 10.6 Å². The molecule has 0 spiro atoms. The Kier molecular flexibility index (Phi) is 7.30. The molecule has 0 radical (unpaired) electrons. The van der Waals surface area contributed by atoms with Gasteiger partial charge in [-0.25, -0.2) is 13.6 Å². The average molecular weight is 460 g/mol. The van der Waals surface area contributed by atoms with Crippen molar-refractivity contribution in [1.82, 2.24) is 10.6 Å². The molecule has 3 rings (SSSR count). The van der Waals surface area contributed by atoms with Gasteiger partial charge >= 0.3 is 12.1 Å². The summed E-state index contributed by atoms with van der Waals surface area (Å²) in [6.45, 7) is 2.87. The predicted octanol–water partition coefficient (Wildman–Crippen LogP) is 3.92. The van der Waals surface area contributed by atoms with Gasteiger partial charge in [-0.2, -0.15) is 0 Å². The van der Waals surface area contributed by atoms with Crippen LogP contribution in [0.25, 0.3) is 11.1 Å². The summed E-state index contributed by atoms with van der Waals surface area (Å²) < 4.78 is 31.4. The third-order valence-corrected chi connectivity index (χ3v) is 5.42. The summed E-state index contributed by atoms with van der Waals surface area (Å²) in [5, 5.41) is 13.5. The van der Waals surface area contributed by atoms with Crippen molar-refractivity contribution in [2.75, 3.05) is 6.61 Å². The Morgan fingerprint density at radius 2 is 1.58 bits per heavy atom. The van der Waals surface area contributed by atoms with Crippen LogP contribution in [-0.4, -0.2) is 47.7 Å². The molecule has 9 heteroatoms. The van der Waals surface area contributed by atoms with E-state index < -0.39 is 48.8 Å². The van der Waals surface area contributed by atoms with Crippen molar-refractivity contribution in [2.24, 2.45) is 0 Å². The zero-order valence-corrected chi connectivity index (χ0v) is 18.3. The molecule has 1 aliphatic carbocycles. The van der Waals surface area contributed by atoms with Crippen LogP contribution in [0.2, 0.25) is 0 Å². The number of carboxylic acids is 1. The van der Waals surface area contributed by atoms with E-state index in [2.05, 4.69) is 10.6 Å². The summed E-state index contributed by atoms with van der Waals surface area (Å²) in [5.41, 5.74) is 2.87. The van der Waals surface area contributed by atoms with Gasteiger partial charge in [0.15, 0.2) is 0 Å². The summed E-state index contributed by atoms with van der Waals surface area (Å²) in [5.74, 6) is -2.29.